The monoisotopic (exact) mass is 526 g/mol. The zero-order valence-corrected chi connectivity index (χ0v) is 21.4. The van der Waals surface area contributed by atoms with Crippen LogP contribution in [0, 0.1) is 13.8 Å². The number of aryl methyl sites for hydroxylation is 1. The predicted octanol–water partition coefficient (Wildman–Crippen LogP) is 6.78. The number of nitrogens with zero attached hydrogens (tertiary/aromatic N) is 3. The number of pyridine rings is 1. The van der Waals surface area contributed by atoms with Gasteiger partial charge in [0.25, 0.3) is 0 Å². The van der Waals surface area contributed by atoms with Crippen LogP contribution >= 0.6 is 23.2 Å². The van der Waals surface area contributed by atoms with E-state index in [9.17, 15) is 9.18 Å². The quantitative estimate of drug-likeness (QED) is 0.244. The van der Waals surface area contributed by atoms with E-state index in [0.29, 0.717) is 46.0 Å². The van der Waals surface area contributed by atoms with E-state index in [4.69, 9.17) is 33.0 Å². The van der Waals surface area contributed by atoms with Crippen LogP contribution < -0.4 is 10.1 Å². The molecule has 0 radical (unpaired) electrons. The summed E-state index contributed by atoms with van der Waals surface area (Å²) < 4.78 is 19.7. The third-order valence-electron chi connectivity index (χ3n) is 5.54. The first-order valence-electron chi connectivity index (χ1n) is 11.4. The lowest BCUT2D eigenvalue weighted by Crippen LogP contribution is -2.16. The number of benzene rings is 2. The van der Waals surface area contributed by atoms with Crippen LogP contribution in [0.1, 0.15) is 23.2 Å². The van der Waals surface area contributed by atoms with Crippen LogP contribution in [0.2, 0.25) is 10.0 Å². The van der Waals surface area contributed by atoms with E-state index in [-0.39, 0.29) is 12.3 Å². The smallest absolute Gasteiger partial charge is 0.231 e. The van der Waals surface area contributed by atoms with Gasteiger partial charge in [-0.2, -0.15) is 5.10 Å². The van der Waals surface area contributed by atoms with Crippen LogP contribution in [0.15, 0.2) is 60.8 Å². The van der Waals surface area contributed by atoms with Gasteiger partial charge in [0.2, 0.25) is 5.91 Å². The average Bonchev–Trinajstić information content (AvgIpc) is 3.16. The van der Waals surface area contributed by atoms with Crippen LogP contribution in [0.5, 0.6) is 5.75 Å². The third kappa shape index (κ3) is 6.04. The molecule has 0 saturated heterocycles. The van der Waals surface area contributed by atoms with Crippen molar-refractivity contribution in [2.45, 2.75) is 26.7 Å². The summed E-state index contributed by atoms with van der Waals surface area (Å²) in [4.78, 5) is 17.0. The van der Waals surface area contributed by atoms with Gasteiger partial charge < -0.3 is 10.1 Å². The van der Waals surface area contributed by atoms with Gasteiger partial charge in [-0.15, -0.1) is 0 Å². The maximum Gasteiger partial charge on any atom is 0.231 e. The van der Waals surface area contributed by atoms with Gasteiger partial charge >= 0.3 is 0 Å². The highest BCUT2D eigenvalue weighted by molar-refractivity contribution is 6.35. The molecule has 0 fully saturated rings. The summed E-state index contributed by atoms with van der Waals surface area (Å²) in [5.74, 6) is 0.891. The van der Waals surface area contributed by atoms with Crippen LogP contribution in [0.3, 0.4) is 0 Å². The maximum atomic E-state index is 12.8. The Kier molecular flexibility index (Phi) is 8.23. The average molecular weight is 527 g/mol. The molecule has 0 spiro atoms. The molecule has 1 amide bonds. The topological polar surface area (TPSA) is 69.0 Å². The van der Waals surface area contributed by atoms with Crippen molar-refractivity contribution in [1.29, 1.82) is 0 Å². The predicted molar refractivity (Wildman–Crippen MR) is 141 cm³/mol. The molecule has 0 aliphatic rings. The molecule has 2 aromatic heterocycles. The van der Waals surface area contributed by atoms with Crippen molar-refractivity contribution >= 4 is 34.9 Å². The van der Waals surface area contributed by atoms with Crippen LogP contribution in [0.25, 0.3) is 16.9 Å². The number of carbonyl (C=O) groups is 1. The first-order valence-corrected chi connectivity index (χ1v) is 12.2. The number of aromatic nitrogens is 3. The van der Waals surface area contributed by atoms with Gasteiger partial charge in [-0.3, -0.25) is 9.18 Å². The third-order valence-corrected chi connectivity index (χ3v) is 6.08. The Morgan fingerprint density at radius 2 is 1.86 bits per heavy atom. The molecule has 0 atom stereocenters. The van der Waals surface area contributed by atoms with Gasteiger partial charge in [-0.05, 0) is 73.5 Å². The Balaban J connectivity index is 1.68. The number of alkyl halides is 1. The van der Waals surface area contributed by atoms with E-state index < -0.39 is 6.67 Å². The SMILES string of the molecule is Cc1ccc(NC(=O)Cc2nn(-c3ccc(Cl)cc3Cl)c(-c3ccc(OCCCF)cc3)c2C)nc1. The van der Waals surface area contributed by atoms with Crippen molar-refractivity contribution < 1.29 is 13.9 Å². The summed E-state index contributed by atoms with van der Waals surface area (Å²) in [6.07, 6.45) is 2.09. The van der Waals surface area contributed by atoms with E-state index >= 15 is 0 Å². The number of hydrogen-bond donors (Lipinski definition) is 1. The summed E-state index contributed by atoms with van der Waals surface area (Å²) in [7, 11) is 0. The molecule has 2 aromatic carbocycles. The summed E-state index contributed by atoms with van der Waals surface area (Å²) >= 11 is 12.6. The van der Waals surface area contributed by atoms with Gasteiger partial charge in [-0.25, -0.2) is 9.67 Å². The minimum absolute atomic E-state index is 0.0526. The summed E-state index contributed by atoms with van der Waals surface area (Å²) in [6, 6.07) is 16.3. The van der Waals surface area contributed by atoms with Crippen molar-refractivity contribution in [3.8, 4) is 22.7 Å². The molecule has 9 heteroatoms. The van der Waals surface area contributed by atoms with E-state index in [2.05, 4.69) is 10.3 Å². The molecule has 0 bridgehead atoms. The Hall–Kier alpha value is -3.42. The second-order valence-corrected chi connectivity index (χ2v) is 9.13. The van der Waals surface area contributed by atoms with E-state index in [1.54, 1.807) is 35.1 Å². The zero-order chi connectivity index (χ0) is 25.7. The van der Waals surface area contributed by atoms with E-state index in [1.807, 2.05) is 44.2 Å². The van der Waals surface area contributed by atoms with E-state index in [1.165, 1.54) is 0 Å². The van der Waals surface area contributed by atoms with Gasteiger partial charge in [0.05, 0.1) is 41.8 Å². The zero-order valence-electron chi connectivity index (χ0n) is 19.9. The fourth-order valence-electron chi connectivity index (χ4n) is 3.71. The van der Waals surface area contributed by atoms with Crippen molar-refractivity contribution in [3.05, 3.63) is 87.7 Å². The number of nitrogens with one attached hydrogen (secondary N) is 1. The molecule has 4 aromatic rings. The number of hydrogen-bond acceptors (Lipinski definition) is 4. The number of anilines is 1. The van der Waals surface area contributed by atoms with Crippen molar-refractivity contribution in [3.63, 3.8) is 0 Å². The minimum Gasteiger partial charge on any atom is -0.493 e. The lowest BCUT2D eigenvalue weighted by molar-refractivity contribution is -0.115. The highest BCUT2D eigenvalue weighted by Gasteiger charge is 2.21. The Morgan fingerprint density at radius 1 is 1.08 bits per heavy atom. The molecule has 4 rings (SSSR count). The highest BCUT2D eigenvalue weighted by atomic mass is 35.5. The number of amides is 1. The van der Waals surface area contributed by atoms with E-state index in [0.717, 1.165) is 22.4 Å². The molecule has 36 heavy (non-hydrogen) atoms. The molecular weight excluding hydrogens is 502 g/mol. The van der Waals surface area contributed by atoms with Crippen molar-refractivity contribution in [2.75, 3.05) is 18.6 Å². The first kappa shape index (κ1) is 25.7. The van der Waals surface area contributed by atoms with Crippen LogP contribution in [0.4, 0.5) is 10.2 Å². The standard InChI is InChI=1S/C27H25Cl2FN4O2/c1-17-4-11-25(31-16-17)32-26(35)15-23-18(2)27(19-5-8-21(9-6-19)36-13-3-12-30)34(33-23)24-10-7-20(28)14-22(24)29/h4-11,14,16H,3,12-13,15H2,1-2H3,(H,31,32,35). The Labute approximate surface area is 219 Å². The Bertz CT molecular complexity index is 1360. The second-order valence-electron chi connectivity index (χ2n) is 8.29. The number of carbonyl (C=O) groups excluding carboxylic acids is 1. The number of halogens is 3. The molecule has 0 aliphatic heterocycles. The van der Waals surface area contributed by atoms with Crippen molar-refractivity contribution in [1.82, 2.24) is 14.8 Å². The second kappa shape index (κ2) is 11.5. The summed E-state index contributed by atoms with van der Waals surface area (Å²) in [6.45, 7) is 3.73. The van der Waals surface area contributed by atoms with Gasteiger partial charge in [0, 0.05) is 23.2 Å². The highest BCUT2D eigenvalue weighted by Crippen LogP contribution is 2.33. The largest absolute Gasteiger partial charge is 0.493 e. The molecule has 2 heterocycles. The fraction of sp³-hybridized carbons (Fsp3) is 0.222. The van der Waals surface area contributed by atoms with Crippen molar-refractivity contribution in [2.24, 2.45) is 0 Å². The minimum atomic E-state index is -0.422. The lowest BCUT2D eigenvalue weighted by atomic mass is 10.0. The van der Waals surface area contributed by atoms with Gasteiger partial charge in [0.1, 0.15) is 11.6 Å². The molecule has 0 unspecified atom stereocenters. The molecule has 0 saturated carbocycles. The van der Waals surface area contributed by atoms with Crippen LogP contribution in [-0.2, 0) is 11.2 Å². The molecule has 6 nitrogen and oxygen atoms in total. The molecular formula is C27H25Cl2FN4O2. The van der Waals surface area contributed by atoms with Gasteiger partial charge in [-0.1, -0.05) is 29.3 Å². The summed E-state index contributed by atoms with van der Waals surface area (Å²) in [5, 5.41) is 8.51. The van der Waals surface area contributed by atoms with Crippen LogP contribution in [-0.4, -0.2) is 34.0 Å². The number of rotatable bonds is 9. The lowest BCUT2D eigenvalue weighted by Gasteiger charge is -2.12. The molecule has 186 valence electrons. The summed E-state index contributed by atoms with van der Waals surface area (Å²) in [5.41, 5.74) is 4.71. The maximum absolute atomic E-state index is 12.8. The van der Waals surface area contributed by atoms with Gasteiger partial charge in [0.15, 0.2) is 0 Å². The molecule has 0 aliphatic carbocycles. The number of ether oxygens (including phenoxy) is 1. The normalized spacial score (nSPS) is 10.9. The fourth-order valence-corrected chi connectivity index (χ4v) is 4.20. The molecule has 1 N–H and O–H groups in total. The Morgan fingerprint density at radius 3 is 2.53 bits per heavy atom. The first-order chi connectivity index (χ1) is 17.4.